The highest BCUT2D eigenvalue weighted by molar-refractivity contribution is 5.96. The van der Waals surface area contributed by atoms with Crippen LogP contribution in [0.15, 0.2) is 41.7 Å². The minimum absolute atomic E-state index is 0.0659. The number of nitrogens with one attached hydrogen (secondary N) is 1. The van der Waals surface area contributed by atoms with Crippen molar-refractivity contribution in [1.82, 2.24) is 19.4 Å². The van der Waals surface area contributed by atoms with Crippen LogP contribution in [-0.2, 0) is 16.0 Å². The van der Waals surface area contributed by atoms with Crippen LogP contribution in [0.4, 0.5) is 5.82 Å². The zero-order chi connectivity index (χ0) is 24.9. The van der Waals surface area contributed by atoms with Crippen molar-refractivity contribution in [3.8, 4) is 11.5 Å². The molecule has 1 saturated heterocycles. The van der Waals surface area contributed by atoms with E-state index < -0.39 is 5.91 Å². The first-order valence-corrected chi connectivity index (χ1v) is 12.0. The molecule has 0 bridgehead atoms. The van der Waals surface area contributed by atoms with Crippen molar-refractivity contribution in [2.45, 2.75) is 12.6 Å². The Bertz CT molecular complexity index is 1300. The molecular formula is C25H30N6O5. The van der Waals surface area contributed by atoms with Crippen molar-refractivity contribution < 1.29 is 23.7 Å². The van der Waals surface area contributed by atoms with Gasteiger partial charge < -0.3 is 24.3 Å². The van der Waals surface area contributed by atoms with Gasteiger partial charge in [-0.25, -0.2) is 4.98 Å². The van der Waals surface area contributed by atoms with Crippen LogP contribution < -0.4 is 20.4 Å². The standard InChI is InChI=1S/C25H30N6O5/c1-33-12-10-30-11-13-35-18(15-30)16-36-20-6-5-19-21(22(20)34-2)28-25(31-9-8-27-23(19)31)29-24(32)17-4-3-7-26-14-17/h3-7,14,18,27H,8-13,15-16H2,1-2H3. The number of hydrogen-bond donors (Lipinski definition) is 1. The molecule has 1 amide bonds. The molecule has 0 saturated carbocycles. The van der Waals surface area contributed by atoms with E-state index in [1.165, 1.54) is 6.20 Å². The van der Waals surface area contributed by atoms with Gasteiger partial charge >= 0.3 is 0 Å². The predicted octanol–water partition coefficient (Wildman–Crippen LogP) is 1.33. The summed E-state index contributed by atoms with van der Waals surface area (Å²) in [5.41, 5.74) is 1.27. The summed E-state index contributed by atoms with van der Waals surface area (Å²) in [5, 5.41) is 4.24. The molecule has 0 spiro atoms. The van der Waals surface area contributed by atoms with Crippen molar-refractivity contribution in [1.29, 1.82) is 0 Å². The molecule has 0 aliphatic carbocycles. The molecule has 2 aliphatic heterocycles. The molecule has 11 nitrogen and oxygen atoms in total. The van der Waals surface area contributed by atoms with Gasteiger partial charge in [0.2, 0.25) is 5.62 Å². The second kappa shape index (κ2) is 11.0. The molecule has 5 rings (SSSR count). The Labute approximate surface area is 208 Å². The van der Waals surface area contributed by atoms with Gasteiger partial charge in [-0.15, -0.1) is 0 Å². The Morgan fingerprint density at radius 2 is 2.19 bits per heavy atom. The van der Waals surface area contributed by atoms with Crippen molar-refractivity contribution in [2.75, 3.05) is 65.5 Å². The van der Waals surface area contributed by atoms with E-state index in [2.05, 4.69) is 20.2 Å². The van der Waals surface area contributed by atoms with Crippen LogP contribution >= 0.6 is 0 Å². The normalized spacial score (nSPS) is 18.2. The molecule has 3 aromatic rings. The van der Waals surface area contributed by atoms with Gasteiger partial charge in [-0.1, -0.05) is 0 Å². The van der Waals surface area contributed by atoms with Gasteiger partial charge in [-0.2, -0.15) is 4.99 Å². The molecule has 4 heterocycles. The van der Waals surface area contributed by atoms with Crippen molar-refractivity contribution in [2.24, 2.45) is 4.99 Å². The minimum atomic E-state index is -0.407. The maximum absolute atomic E-state index is 12.8. The van der Waals surface area contributed by atoms with Gasteiger partial charge in [0.25, 0.3) is 5.91 Å². The fourth-order valence-electron chi connectivity index (χ4n) is 4.48. The molecule has 36 heavy (non-hydrogen) atoms. The molecule has 1 unspecified atom stereocenters. The molecular weight excluding hydrogens is 464 g/mol. The lowest BCUT2D eigenvalue weighted by molar-refractivity contribution is -0.0524. The summed E-state index contributed by atoms with van der Waals surface area (Å²) in [6.07, 6.45) is 3.04. The van der Waals surface area contributed by atoms with E-state index in [4.69, 9.17) is 23.9 Å². The number of carbonyl (C=O) groups excluding carboxylic acids is 1. The summed E-state index contributed by atoms with van der Waals surface area (Å²) < 4.78 is 24.9. The number of rotatable bonds is 8. The molecule has 1 atom stereocenters. The van der Waals surface area contributed by atoms with Gasteiger partial charge in [0, 0.05) is 57.6 Å². The first-order valence-electron chi connectivity index (χ1n) is 12.0. The van der Waals surface area contributed by atoms with Gasteiger partial charge in [0.1, 0.15) is 24.0 Å². The molecule has 0 radical (unpaired) electrons. The topological polar surface area (TPSA) is 112 Å². The lowest BCUT2D eigenvalue weighted by Crippen LogP contribution is -2.46. The number of anilines is 1. The molecule has 190 valence electrons. The van der Waals surface area contributed by atoms with E-state index in [9.17, 15) is 4.79 Å². The van der Waals surface area contributed by atoms with E-state index in [-0.39, 0.29) is 6.10 Å². The Morgan fingerprint density at radius 1 is 1.28 bits per heavy atom. The third-order valence-corrected chi connectivity index (χ3v) is 6.27. The monoisotopic (exact) mass is 494 g/mol. The summed E-state index contributed by atoms with van der Waals surface area (Å²) in [4.78, 5) is 28.1. The quantitative estimate of drug-likeness (QED) is 0.496. The average Bonchev–Trinajstić information content (AvgIpc) is 3.42. The molecule has 1 N–H and O–H groups in total. The number of fused-ring (bicyclic) bond motifs is 3. The van der Waals surface area contributed by atoms with Crippen LogP contribution in [0.1, 0.15) is 10.4 Å². The van der Waals surface area contributed by atoms with E-state index in [1.54, 1.807) is 32.5 Å². The second-order valence-electron chi connectivity index (χ2n) is 8.59. The number of aromatic nitrogens is 3. The fraction of sp³-hybridized carbons (Fsp3) is 0.440. The summed E-state index contributed by atoms with van der Waals surface area (Å²) in [6, 6.07) is 7.21. The van der Waals surface area contributed by atoms with Crippen molar-refractivity contribution >= 4 is 22.6 Å². The van der Waals surface area contributed by atoms with E-state index in [0.717, 1.165) is 30.8 Å². The average molecular weight is 495 g/mol. The third-order valence-electron chi connectivity index (χ3n) is 6.27. The number of nitrogens with zero attached hydrogens (tertiary/aromatic N) is 5. The predicted molar refractivity (Wildman–Crippen MR) is 132 cm³/mol. The van der Waals surface area contributed by atoms with Crippen LogP contribution in [0, 0.1) is 0 Å². The van der Waals surface area contributed by atoms with E-state index in [0.29, 0.717) is 61.1 Å². The van der Waals surface area contributed by atoms with Crippen molar-refractivity contribution in [3.05, 3.63) is 47.8 Å². The largest absolute Gasteiger partial charge is 0.491 e. The highest BCUT2D eigenvalue weighted by Crippen LogP contribution is 2.37. The number of hydrogen-bond acceptors (Lipinski definition) is 9. The summed E-state index contributed by atoms with van der Waals surface area (Å²) in [7, 11) is 3.29. The zero-order valence-electron chi connectivity index (χ0n) is 20.5. The SMILES string of the molecule is COCCN1CCOC(COc2ccc3c4n(c(=NC(=O)c5cccnc5)nc3c2OC)CCN4)C1. The second-order valence-corrected chi connectivity index (χ2v) is 8.59. The number of amides is 1. The molecule has 1 aromatic carbocycles. The van der Waals surface area contributed by atoms with Crippen LogP contribution in [0.3, 0.4) is 0 Å². The molecule has 1 fully saturated rings. The molecule has 2 aliphatic rings. The summed E-state index contributed by atoms with van der Waals surface area (Å²) in [6.45, 7) is 5.58. The first-order chi connectivity index (χ1) is 17.7. The highest BCUT2D eigenvalue weighted by Gasteiger charge is 2.24. The minimum Gasteiger partial charge on any atom is -0.491 e. The smallest absolute Gasteiger partial charge is 0.281 e. The third kappa shape index (κ3) is 5.03. The number of methoxy groups -OCH3 is 2. The van der Waals surface area contributed by atoms with Gasteiger partial charge in [0.05, 0.1) is 25.9 Å². The molecule has 2 aromatic heterocycles. The van der Waals surface area contributed by atoms with Gasteiger partial charge in [0.15, 0.2) is 11.5 Å². The maximum Gasteiger partial charge on any atom is 0.281 e. The van der Waals surface area contributed by atoms with Crippen LogP contribution in [0.2, 0.25) is 0 Å². The lowest BCUT2D eigenvalue weighted by Gasteiger charge is -2.32. The number of ether oxygens (including phenoxy) is 4. The Morgan fingerprint density at radius 3 is 3.00 bits per heavy atom. The Kier molecular flexibility index (Phi) is 7.40. The van der Waals surface area contributed by atoms with Crippen LogP contribution in [-0.4, -0.2) is 91.7 Å². The first kappa shape index (κ1) is 24.2. The number of carbonyl (C=O) groups is 1. The van der Waals surface area contributed by atoms with Crippen LogP contribution in [0.5, 0.6) is 11.5 Å². The van der Waals surface area contributed by atoms with Gasteiger partial charge in [-0.05, 0) is 24.3 Å². The molecule has 11 heteroatoms. The van der Waals surface area contributed by atoms with Gasteiger partial charge in [-0.3, -0.25) is 19.2 Å². The Hall–Kier alpha value is -3.54. The van der Waals surface area contributed by atoms with Crippen molar-refractivity contribution in [3.63, 3.8) is 0 Å². The fourth-order valence-corrected chi connectivity index (χ4v) is 4.48. The summed E-state index contributed by atoms with van der Waals surface area (Å²) in [5.74, 6) is 1.48. The number of pyridine rings is 1. The summed E-state index contributed by atoms with van der Waals surface area (Å²) >= 11 is 0. The Balaban J connectivity index is 1.45. The zero-order valence-corrected chi connectivity index (χ0v) is 20.5. The van der Waals surface area contributed by atoms with Crippen LogP contribution in [0.25, 0.3) is 10.9 Å². The maximum atomic E-state index is 12.8. The highest BCUT2D eigenvalue weighted by atomic mass is 16.5. The number of benzene rings is 1. The lowest BCUT2D eigenvalue weighted by atomic mass is 10.2. The van der Waals surface area contributed by atoms with E-state index in [1.807, 2.05) is 16.7 Å². The number of morpholine rings is 1. The van der Waals surface area contributed by atoms with E-state index >= 15 is 0 Å².